The maximum absolute atomic E-state index is 12.1. The fraction of sp³-hybridized carbons (Fsp3) is 0.389. The van der Waals surface area contributed by atoms with Crippen molar-refractivity contribution < 1.29 is 9.53 Å². The van der Waals surface area contributed by atoms with Crippen LogP contribution in [0.5, 0.6) is 0 Å². The highest BCUT2D eigenvalue weighted by molar-refractivity contribution is 6.36. The molecule has 1 N–H and O–H groups in total. The molecule has 6 nitrogen and oxygen atoms in total. The second kappa shape index (κ2) is 6.77. The third-order valence-electron chi connectivity index (χ3n) is 3.62. The van der Waals surface area contributed by atoms with Gasteiger partial charge in [-0.2, -0.15) is 10.4 Å². The SMILES string of the molecule is Cc1nn(C)c(C)c1-c1cc(C#N)cc(NC(=O)OC(C)(C)C)c1Cl. The standard InChI is InChI=1S/C18H21ClN4O2/c1-10-15(11(2)23(6)22-10)13-7-12(9-20)8-14(16(13)19)21-17(24)25-18(3,4)5/h7-8H,1-6H3,(H,21,24). The van der Waals surface area contributed by atoms with Gasteiger partial charge in [0.05, 0.1) is 28.0 Å². The lowest BCUT2D eigenvalue weighted by Crippen LogP contribution is -2.27. The lowest BCUT2D eigenvalue weighted by atomic mass is 10.0. The van der Waals surface area contributed by atoms with E-state index >= 15 is 0 Å². The summed E-state index contributed by atoms with van der Waals surface area (Å²) in [6, 6.07) is 5.31. The van der Waals surface area contributed by atoms with Gasteiger partial charge in [-0.1, -0.05) is 11.6 Å². The van der Waals surface area contributed by atoms with E-state index < -0.39 is 11.7 Å². The van der Waals surface area contributed by atoms with Crippen LogP contribution in [0.2, 0.25) is 5.02 Å². The smallest absolute Gasteiger partial charge is 0.412 e. The molecule has 0 radical (unpaired) electrons. The van der Waals surface area contributed by atoms with E-state index in [1.165, 1.54) is 6.07 Å². The first-order valence-electron chi connectivity index (χ1n) is 7.77. The number of aromatic nitrogens is 2. The van der Waals surface area contributed by atoms with Crippen molar-refractivity contribution in [1.29, 1.82) is 5.26 Å². The molecule has 2 aromatic rings. The summed E-state index contributed by atoms with van der Waals surface area (Å²) in [6.45, 7) is 9.11. The molecule has 0 unspecified atom stereocenters. The van der Waals surface area contributed by atoms with Crippen LogP contribution in [0.4, 0.5) is 10.5 Å². The molecule has 0 fully saturated rings. The number of anilines is 1. The zero-order valence-corrected chi connectivity index (χ0v) is 15.9. The average molecular weight is 361 g/mol. The maximum atomic E-state index is 12.1. The Hall–Kier alpha value is -2.52. The highest BCUT2D eigenvalue weighted by Crippen LogP contribution is 2.38. The molecule has 0 bridgehead atoms. The molecule has 132 valence electrons. The molecule has 0 aliphatic rings. The number of halogens is 1. The summed E-state index contributed by atoms with van der Waals surface area (Å²) in [5.41, 5.74) is 3.27. The number of rotatable bonds is 2. The van der Waals surface area contributed by atoms with Crippen LogP contribution >= 0.6 is 11.6 Å². The molecule has 1 aromatic carbocycles. The van der Waals surface area contributed by atoms with E-state index in [2.05, 4.69) is 16.5 Å². The molecule has 25 heavy (non-hydrogen) atoms. The molecule has 0 saturated carbocycles. The van der Waals surface area contributed by atoms with Gasteiger partial charge in [0.2, 0.25) is 0 Å². The largest absolute Gasteiger partial charge is 0.444 e. The van der Waals surface area contributed by atoms with Crippen LogP contribution in [0.25, 0.3) is 11.1 Å². The predicted octanol–water partition coefficient (Wildman–Crippen LogP) is 4.58. The number of ether oxygens (including phenoxy) is 1. The van der Waals surface area contributed by atoms with Gasteiger partial charge in [0.25, 0.3) is 0 Å². The minimum atomic E-state index is -0.636. The van der Waals surface area contributed by atoms with Gasteiger partial charge < -0.3 is 4.74 Å². The van der Waals surface area contributed by atoms with Crippen molar-refractivity contribution in [2.24, 2.45) is 7.05 Å². The lowest BCUT2D eigenvalue weighted by Gasteiger charge is -2.20. The third-order valence-corrected chi connectivity index (χ3v) is 4.02. The first-order valence-corrected chi connectivity index (χ1v) is 8.15. The van der Waals surface area contributed by atoms with E-state index in [9.17, 15) is 10.1 Å². The Morgan fingerprint density at radius 3 is 2.48 bits per heavy atom. The van der Waals surface area contributed by atoms with E-state index in [1.54, 1.807) is 31.5 Å². The highest BCUT2D eigenvalue weighted by atomic mass is 35.5. The molecule has 0 saturated heterocycles. The lowest BCUT2D eigenvalue weighted by molar-refractivity contribution is 0.0636. The predicted molar refractivity (Wildman–Crippen MR) is 97.7 cm³/mol. The summed E-state index contributed by atoms with van der Waals surface area (Å²) >= 11 is 6.52. The number of nitriles is 1. The molecule has 7 heteroatoms. The number of nitrogens with one attached hydrogen (secondary N) is 1. The Morgan fingerprint density at radius 1 is 1.36 bits per heavy atom. The van der Waals surface area contributed by atoms with Crippen LogP contribution in [-0.4, -0.2) is 21.5 Å². The normalized spacial score (nSPS) is 11.1. The van der Waals surface area contributed by atoms with Gasteiger partial charge in [0.1, 0.15) is 5.60 Å². The fourth-order valence-corrected chi connectivity index (χ4v) is 2.79. The first-order chi connectivity index (χ1) is 11.5. The third kappa shape index (κ3) is 4.12. The quantitative estimate of drug-likeness (QED) is 0.850. The van der Waals surface area contributed by atoms with Crippen molar-refractivity contribution >= 4 is 23.4 Å². The molecular formula is C18H21ClN4O2. The zero-order chi connectivity index (χ0) is 18.9. The monoisotopic (exact) mass is 360 g/mol. The van der Waals surface area contributed by atoms with Gasteiger partial charge in [0, 0.05) is 23.9 Å². The van der Waals surface area contributed by atoms with Crippen molar-refractivity contribution in [2.75, 3.05) is 5.32 Å². The van der Waals surface area contributed by atoms with E-state index in [0.717, 1.165) is 17.0 Å². The fourth-order valence-electron chi connectivity index (χ4n) is 2.54. The summed E-state index contributed by atoms with van der Waals surface area (Å²) in [6.07, 6.45) is -0.630. The summed E-state index contributed by atoms with van der Waals surface area (Å²) in [7, 11) is 1.84. The average Bonchev–Trinajstić information content (AvgIpc) is 2.72. The Kier molecular flexibility index (Phi) is 5.09. The van der Waals surface area contributed by atoms with Crippen molar-refractivity contribution in [3.8, 4) is 17.2 Å². The molecule has 0 spiro atoms. The number of aryl methyl sites for hydroxylation is 2. The van der Waals surface area contributed by atoms with Crippen LogP contribution in [0.3, 0.4) is 0 Å². The van der Waals surface area contributed by atoms with Crippen LogP contribution in [0.15, 0.2) is 12.1 Å². The number of benzene rings is 1. The molecule has 2 rings (SSSR count). The van der Waals surface area contributed by atoms with Gasteiger partial charge in [-0.15, -0.1) is 0 Å². The van der Waals surface area contributed by atoms with E-state index in [1.807, 2.05) is 20.9 Å². The molecule has 0 atom stereocenters. The Balaban J connectivity index is 2.54. The Morgan fingerprint density at radius 2 is 2.00 bits per heavy atom. The second-order valence-corrected chi connectivity index (χ2v) is 7.17. The summed E-state index contributed by atoms with van der Waals surface area (Å²) < 4.78 is 7.01. The van der Waals surface area contributed by atoms with Gasteiger partial charge in [-0.25, -0.2) is 4.79 Å². The topological polar surface area (TPSA) is 79.9 Å². The van der Waals surface area contributed by atoms with Crippen molar-refractivity contribution in [2.45, 2.75) is 40.2 Å². The first kappa shape index (κ1) is 18.8. The molecule has 0 aliphatic carbocycles. The maximum Gasteiger partial charge on any atom is 0.412 e. The van der Waals surface area contributed by atoms with Crippen LogP contribution in [0, 0.1) is 25.2 Å². The van der Waals surface area contributed by atoms with E-state index in [4.69, 9.17) is 16.3 Å². The van der Waals surface area contributed by atoms with E-state index in [0.29, 0.717) is 21.8 Å². The molecule has 1 amide bonds. The summed E-state index contributed by atoms with van der Waals surface area (Å²) in [5.74, 6) is 0. The van der Waals surface area contributed by atoms with Crippen LogP contribution < -0.4 is 5.32 Å². The van der Waals surface area contributed by atoms with Crippen LogP contribution in [0.1, 0.15) is 37.7 Å². The number of amides is 1. The molecular weight excluding hydrogens is 340 g/mol. The Bertz CT molecular complexity index is 873. The van der Waals surface area contributed by atoms with Gasteiger partial charge in [0.15, 0.2) is 0 Å². The van der Waals surface area contributed by atoms with Gasteiger partial charge in [-0.3, -0.25) is 10.00 Å². The van der Waals surface area contributed by atoms with Gasteiger partial charge in [-0.05, 0) is 46.8 Å². The number of carbonyl (C=O) groups is 1. The summed E-state index contributed by atoms with van der Waals surface area (Å²) in [4.78, 5) is 12.1. The van der Waals surface area contributed by atoms with Gasteiger partial charge >= 0.3 is 6.09 Å². The summed E-state index contributed by atoms with van der Waals surface area (Å²) in [5, 5.41) is 16.7. The number of hydrogen-bond acceptors (Lipinski definition) is 4. The Labute approximate surface area is 152 Å². The zero-order valence-electron chi connectivity index (χ0n) is 15.2. The van der Waals surface area contributed by atoms with Crippen molar-refractivity contribution in [3.63, 3.8) is 0 Å². The second-order valence-electron chi connectivity index (χ2n) is 6.79. The molecule has 1 aromatic heterocycles. The molecule has 0 aliphatic heterocycles. The number of carbonyl (C=O) groups excluding carboxylic acids is 1. The number of nitrogens with zero attached hydrogens (tertiary/aromatic N) is 3. The van der Waals surface area contributed by atoms with E-state index in [-0.39, 0.29) is 0 Å². The molecule has 1 heterocycles. The van der Waals surface area contributed by atoms with Crippen molar-refractivity contribution in [3.05, 3.63) is 34.1 Å². The number of hydrogen-bond donors (Lipinski definition) is 1. The van der Waals surface area contributed by atoms with Crippen molar-refractivity contribution in [1.82, 2.24) is 9.78 Å². The minimum absolute atomic E-state index is 0.326. The minimum Gasteiger partial charge on any atom is -0.444 e. The van der Waals surface area contributed by atoms with Crippen LogP contribution in [-0.2, 0) is 11.8 Å². The highest BCUT2D eigenvalue weighted by Gasteiger charge is 2.21.